The highest BCUT2D eigenvalue weighted by Crippen LogP contribution is 2.27. The third kappa shape index (κ3) is 3.03. The van der Waals surface area contributed by atoms with Crippen molar-refractivity contribution < 1.29 is 4.74 Å². The molecule has 1 aliphatic rings. The number of rotatable bonds is 4. The molecule has 0 saturated carbocycles. The number of hydrogen-bond acceptors (Lipinski definition) is 5. The Kier molecular flexibility index (Phi) is 4.46. The molecule has 4 aromatic rings. The van der Waals surface area contributed by atoms with Crippen molar-refractivity contribution in [2.45, 2.75) is 20.0 Å². The van der Waals surface area contributed by atoms with E-state index in [2.05, 4.69) is 46.1 Å². The molecule has 0 aliphatic carbocycles. The summed E-state index contributed by atoms with van der Waals surface area (Å²) in [6, 6.07) is 10.5. The second-order valence-electron chi connectivity index (χ2n) is 7.19. The van der Waals surface area contributed by atoms with Gasteiger partial charge in [-0.2, -0.15) is 4.98 Å². The van der Waals surface area contributed by atoms with E-state index >= 15 is 0 Å². The minimum Gasteiger partial charge on any atom is -0.379 e. The summed E-state index contributed by atoms with van der Waals surface area (Å²) in [4.78, 5) is 15.1. The second-order valence-corrected chi connectivity index (χ2v) is 7.56. The molecule has 8 heteroatoms. The monoisotopic (exact) mass is 394 g/mol. The molecule has 0 atom stereocenters. The number of fused-ring (bicyclic) bond motifs is 3. The molecule has 0 spiro atoms. The zero-order valence-electron chi connectivity index (χ0n) is 15.8. The first-order chi connectivity index (χ1) is 13.7. The SMILES string of the molecule is Cc1[nH]c2ncn3c(nc(=S)n3CN3CCOCC3)c2c1Cc1ccccc1. The van der Waals surface area contributed by atoms with Gasteiger partial charge in [-0.15, -0.1) is 0 Å². The molecular weight excluding hydrogens is 372 g/mol. The highest BCUT2D eigenvalue weighted by atomic mass is 32.1. The van der Waals surface area contributed by atoms with Crippen molar-refractivity contribution in [3.63, 3.8) is 0 Å². The zero-order chi connectivity index (χ0) is 19.1. The maximum Gasteiger partial charge on any atom is 0.218 e. The number of ether oxygens (including phenoxy) is 1. The first-order valence-corrected chi connectivity index (χ1v) is 9.91. The minimum atomic E-state index is 0.574. The van der Waals surface area contributed by atoms with Gasteiger partial charge in [-0.05, 0) is 30.3 Å². The van der Waals surface area contributed by atoms with Crippen LogP contribution < -0.4 is 0 Å². The van der Waals surface area contributed by atoms with Crippen LogP contribution in [0.5, 0.6) is 0 Å². The molecule has 1 fully saturated rings. The number of hydrogen-bond donors (Lipinski definition) is 1. The standard InChI is InChI=1S/C20H22N6OS/c1-14-16(11-15-5-3-2-4-6-15)17-18(22-14)21-12-25-19(17)23-20(28)26(25)13-24-7-9-27-10-8-24/h2-6,12,22H,7-11,13H2,1H3. The lowest BCUT2D eigenvalue weighted by Crippen LogP contribution is -2.38. The zero-order valence-corrected chi connectivity index (χ0v) is 16.6. The molecule has 28 heavy (non-hydrogen) atoms. The van der Waals surface area contributed by atoms with E-state index in [-0.39, 0.29) is 0 Å². The Morgan fingerprint density at radius 2 is 1.96 bits per heavy atom. The van der Waals surface area contributed by atoms with Gasteiger partial charge in [0.25, 0.3) is 0 Å². The van der Waals surface area contributed by atoms with Crippen molar-refractivity contribution in [2.75, 3.05) is 26.3 Å². The predicted octanol–water partition coefficient (Wildman–Crippen LogP) is 2.93. The van der Waals surface area contributed by atoms with Crippen LogP contribution in [0.1, 0.15) is 16.8 Å². The van der Waals surface area contributed by atoms with Gasteiger partial charge in [0.1, 0.15) is 12.0 Å². The van der Waals surface area contributed by atoms with Gasteiger partial charge in [-0.3, -0.25) is 4.90 Å². The fraction of sp³-hybridized carbons (Fsp3) is 0.350. The van der Waals surface area contributed by atoms with Gasteiger partial charge in [0.15, 0.2) is 5.65 Å². The molecule has 0 radical (unpaired) electrons. The molecule has 1 saturated heterocycles. The van der Waals surface area contributed by atoms with Crippen LogP contribution in [0.4, 0.5) is 0 Å². The number of aryl methyl sites for hydroxylation is 1. The van der Waals surface area contributed by atoms with Gasteiger partial charge in [-0.25, -0.2) is 14.2 Å². The second kappa shape index (κ2) is 7.12. The third-order valence-corrected chi connectivity index (χ3v) is 5.68. The normalized spacial score (nSPS) is 15.6. The number of nitrogens with one attached hydrogen (secondary N) is 1. The van der Waals surface area contributed by atoms with Crippen molar-refractivity contribution in [1.82, 2.24) is 29.0 Å². The van der Waals surface area contributed by atoms with Crippen LogP contribution in [0.2, 0.25) is 0 Å². The van der Waals surface area contributed by atoms with Gasteiger partial charge in [0.2, 0.25) is 4.77 Å². The quantitative estimate of drug-likeness (QED) is 0.539. The molecular formula is C20H22N6OS. The number of aromatic amines is 1. The van der Waals surface area contributed by atoms with Gasteiger partial charge >= 0.3 is 0 Å². The van der Waals surface area contributed by atoms with E-state index < -0.39 is 0 Å². The van der Waals surface area contributed by atoms with Crippen LogP contribution in [0.25, 0.3) is 16.7 Å². The summed E-state index contributed by atoms with van der Waals surface area (Å²) >= 11 is 5.60. The lowest BCUT2D eigenvalue weighted by Gasteiger charge is -2.26. The molecule has 3 aromatic heterocycles. The molecule has 1 aromatic carbocycles. The van der Waals surface area contributed by atoms with Gasteiger partial charge < -0.3 is 9.72 Å². The van der Waals surface area contributed by atoms with Crippen LogP contribution in [0.3, 0.4) is 0 Å². The van der Waals surface area contributed by atoms with E-state index in [9.17, 15) is 0 Å². The van der Waals surface area contributed by atoms with E-state index in [0.717, 1.165) is 55.1 Å². The summed E-state index contributed by atoms with van der Waals surface area (Å²) in [7, 11) is 0. The number of benzene rings is 1. The molecule has 0 unspecified atom stereocenters. The summed E-state index contributed by atoms with van der Waals surface area (Å²) in [5.74, 6) is 0. The Bertz CT molecular complexity index is 1190. The van der Waals surface area contributed by atoms with Crippen molar-refractivity contribution in [3.8, 4) is 0 Å². The summed E-state index contributed by atoms with van der Waals surface area (Å²) in [6.45, 7) is 6.08. The largest absolute Gasteiger partial charge is 0.379 e. The van der Waals surface area contributed by atoms with Crippen LogP contribution in [0.15, 0.2) is 36.7 Å². The minimum absolute atomic E-state index is 0.574. The number of morpholine rings is 1. The van der Waals surface area contributed by atoms with E-state index in [4.69, 9.17) is 21.9 Å². The van der Waals surface area contributed by atoms with Crippen molar-refractivity contribution in [3.05, 3.63) is 58.3 Å². The van der Waals surface area contributed by atoms with Crippen molar-refractivity contribution >= 4 is 28.9 Å². The van der Waals surface area contributed by atoms with Crippen LogP contribution in [-0.4, -0.2) is 55.4 Å². The smallest absolute Gasteiger partial charge is 0.218 e. The van der Waals surface area contributed by atoms with Gasteiger partial charge in [-0.1, -0.05) is 30.3 Å². The maximum absolute atomic E-state index is 5.60. The fourth-order valence-electron chi connectivity index (χ4n) is 3.87. The summed E-state index contributed by atoms with van der Waals surface area (Å²) in [6.07, 6.45) is 2.64. The van der Waals surface area contributed by atoms with Crippen molar-refractivity contribution in [2.24, 2.45) is 0 Å². The Hall–Kier alpha value is -2.55. The molecule has 5 rings (SSSR count). The first-order valence-electron chi connectivity index (χ1n) is 9.50. The lowest BCUT2D eigenvalue weighted by atomic mass is 10.0. The molecule has 1 aliphatic heterocycles. The molecule has 1 N–H and O–H groups in total. The Morgan fingerprint density at radius 3 is 2.75 bits per heavy atom. The van der Waals surface area contributed by atoms with E-state index in [0.29, 0.717) is 11.4 Å². The molecule has 144 valence electrons. The Balaban J connectivity index is 1.63. The summed E-state index contributed by atoms with van der Waals surface area (Å²) in [5, 5.41) is 1.05. The number of nitrogens with zero attached hydrogens (tertiary/aromatic N) is 5. The summed E-state index contributed by atoms with van der Waals surface area (Å²) in [5.41, 5.74) is 5.32. The lowest BCUT2D eigenvalue weighted by molar-refractivity contribution is 0.0202. The van der Waals surface area contributed by atoms with Crippen molar-refractivity contribution in [1.29, 1.82) is 0 Å². The Labute approximate surface area is 167 Å². The molecule has 7 nitrogen and oxygen atoms in total. The maximum atomic E-state index is 5.60. The van der Waals surface area contributed by atoms with Gasteiger partial charge in [0, 0.05) is 25.2 Å². The van der Waals surface area contributed by atoms with Crippen LogP contribution in [0, 0.1) is 11.7 Å². The molecule has 4 heterocycles. The van der Waals surface area contributed by atoms with E-state index in [1.807, 2.05) is 21.6 Å². The molecule has 0 bridgehead atoms. The summed E-state index contributed by atoms with van der Waals surface area (Å²) < 4.78 is 10.0. The average molecular weight is 395 g/mol. The fourth-order valence-corrected chi connectivity index (χ4v) is 4.10. The molecule has 0 amide bonds. The van der Waals surface area contributed by atoms with Crippen LogP contribution in [-0.2, 0) is 17.8 Å². The van der Waals surface area contributed by atoms with E-state index in [1.54, 1.807) is 0 Å². The predicted molar refractivity (Wildman–Crippen MR) is 110 cm³/mol. The highest BCUT2D eigenvalue weighted by Gasteiger charge is 2.18. The third-order valence-electron chi connectivity index (χ3n) is 5.38. The number of aromatic nitrogens is 5. The van der Waals surface area contributed by atoms with Gasteiger partial charge in [0.05, 0.1) is 25.3 Å². The van der Waals surface area contributed by atoms with Crippen LogP contribution >= 0.6 is 12.2 Å². The first kappa shape index (κ1) is 17.5. The number of H-pyrrole nitrogens is 1. The average Bonchev–Trinajstić information content (AvgIpc) is 3.20. The highest BCUT2D eigenvalue weighted by molar-refractivity contribution is 7.71. The van der Waals surface area contributed by atoms with E-state index in [1.165, 1.54) is 11.1 Å². The Morgan fingerprint density at radius 1 is 1.18 bits per heavy atom. The topological polar surface area (TPSA) is 63.4 Å².